The van der Waals surface area contributed by atoms with Gasteiger partial charge >= 0.3 is 0 Å². The summed E-state index contributed by atoms with van der Waals surface area (Å²) in [6.45, 7) is -2.67. The van der Waals surface area contributed by atoms with Gasteiger partial charge in [-0.3, -0.25) is 14.4 Å². The predicted molar refractivity (Wildman–Crippen MR) is 322 cm³/mol. The van der Waals surface area contributed by atoms with E-state index in [-0.39, 0.29) is 120 Å². The average molecular weight is 1430 g/mol. The lowest BCUT2D eigenvalue weighted by molar-refractivity contribution is -0.0477. The summed E-state index contributed by atoms with van der Waals surface area (Å²) in [6, 6.07) is 16.8. The third kappa shape index (κ3) is 17.4. The van der Waals surface area contributed by atoms with Crippen molar-refractivity contribution >= 4 is 88.1 Å². The number of carbonyl (C=O) groups excluding carboxylic acids is 3. The first-order valence-electron chi connectivity index (χ1n) is 28.5. The van der Waals surface area contributed by atoms with Crippen LogP contribution in [0.2, 0.25) is 10.0 Å². The highest BCUT2D eigenvalue weighted by molar-refractivity contribution is 7.89. The number of hydrogen-bond donors (Lipinski definition) is 6. The van der Waals surface area contributed by atoms with E-state index in [0.29, 0.717) is 12.1 Å². The summed E-state index contributed by atoms with van der Waals surface area (Å²) in [6.07, 6.45) is -4.44. The molecule has 0 aromatic heterocycles. The van der Waals surface area contributed by atoms with Crippen LogP contribution in [0, 0.1) is 46.6 Å². The van der Waals surface area contributed by atoms with Crippen LogP contribution in [0.25, 0.3) is 0 Å². The second kappa shape index (κ2) is 30.5. The zero-order valence-corrected chi connectivity index (χ0v) is 52.8. The van der Waals surface area contributed by atoms with Gasteiger partial charge in [0.2, 0.25) is 30.1 Å². The number of aliphatic hydroxyl groups excluding tert-OH is 2. The minimum atomic E-state index is -4.43. The molecule has 0 spiro atoms. The highest BCUT2D eigenvalue weighted by atomic mass is 35.5. The number of halogens is 12. The maximum absolute atomic E-state index is 14.4. The van der Waals surface area contributed by atoms with Gasteiger partial charge in [0, 0.05) is 90.7 Å². The van der Waals surface area contributed by atoms with Crippen LogP contribution in [0.5, 0.6) is 0 Å². The van der Waals surface area contributed by atoms with Crippen molar-refractivity contribution in [2.75, 3.05) is 68.4 Å². The molecule has 1 aliphatic carbocycles. The van der Waals surface area contributed by atoms with E-state index in [4.69, 9.17) is 27.9 Å². The van der Waals surface area contributed by atoms with E-state index in [1.807, 2.05) is 0 Å². The van der Waals surface area contributed by atoms with Crippen LogP contribution in [0.4, 0.5) is 61.0 Å². The van der Waals surface area contributed by atoms with Crippen LogP contribution in [0.1, 0.15) is 75.2 Å². The Bertz CT molecular complexity index is 4000. The molecule has 3 amide bonds. The molecule has 34 heteroatoms. The van der Waals surface area contributed by atoms with Crippen LogP contribution in [-0.4, -0.2) is 154 Å². The molecular formula is C60H58Cl2F10N6O13S3. The standard InChI is InChI=1S/C22H22F4N2O5S.2C19H18ClF3N2O4S/c23-10-14-2-1-13(21(29)27-16-8-17(24)20(26)18(25)9-16)7-19(14)34(31,32)28-5-6-33-12-22(30,11-28)15-3-4-15;2*20-13-9-12(4-6-14(13)21)24-19(27)11-3-5-16(23)18(8-11)30(28,29)25-7-1-2-15(22)17(26)10-25/h1-2,7-9,15,30H,3-6,10-12H2,(H,27,29);2*3-6,8-9,15,17,26H,1-2,7,10H2,(H,24,27)/t;2*15?,17-/m.10/s1. The Kier molecular flexibility index (Phi) is 23.7. The molecule has 0 bridgehead atoms. The summed E-state index contributed by atoms with van der Waals surface area (Å²) >= 11 is 11.3. The van der Waals surface area contributed by atoms with Crippen molar-refractivity contribution in [2.45, 2.75) is 90.0 Å². The number of benzene rings is 6. The van der Waals surface area contributed by atoms with Gasteiger partial charge in [-0.2, -0.15) is 12.9 Å². The van der Waals surface area contributed by atoms with Gasteiger partial charge in [0.25, 0.3) is 17.7 Å². The molecule has 10 rings (SSSR count). The number of carbonyl (C=O) groups is 3. The van der Waals surface area contributed by atoms with Crippen molar-refractivity contribution in [1.29, 1.82) is 0 Å². The number of anilines is 3. The first kappa shape index (κ1) is 73.0. The van der Waals surface area contributed by atoms with Gasteiger partial charge in [-0.15, -0.1) is 0 Å². The fourth-order valence-electron chi connectivity index (χ4n) is 10.0. The van der Waals surface area contributed by atoms with Gasteiger partial charge in [0.15, 0.2) is 17.5 Å². The van der Waals surface area contributed by atoms with Gasteiger partial charge < -0.3 is 36.0 Å². The Labute approximate surface area is 542 Å². The Balaban J connectivity index is 0.000000181. The number of rotatable bonds is 14. The zero-order chi connectivity index (χ0) is 68.8. The van der Waals surface area contributed by atoms with E-state index in [9.17, 15) is 98.9 Å². The Morgan fingerprint density at radius 1 is 0.521 bits per heavy atom. The fraction of sp³-hybridized carbons (Fsp3) is 0.350. The van der Waals surface area contributed by atoms with E-state index >= 15 is 0 Å². The SMILES string of the molecule is O=C(Nc1cc(F)c(F)c(F)c1)c1ccc(CF)c(S(=O)(=O)N2CCOCC(O)(C3CC3)C2)c1.O=C(Nc1ccc(F)c(Cl)c1)c1ccc(F)c(S(=O)(=O)N2CCCC(F)[C@@H](O)C2)c1.O=C(Nc1ccc(F)c(Cl)c1)c1ccc(F)c(S(=O)(=O)N2CCCC(F)[C@H](O)C2)c1. The molecule has 1 saturated carbocycles. The molecule has 94 heavy (non-hydrogen) atoms. The second-order valence-electron chi connectivity index (χ2n) is 22.1. The maximum atomic E-state index is 14.4. The minimum absolute atomic E-state index is 0.0155. The molecule has 3 heterocycles. The number of hydrogen-bond acceptors (Lipinski definition) is 13. The third-order valence-corrected chi connectivity index (χ3v) is 21.6. The lowest BCUT2D eigenvalue weighted by atomic mass is 9.99. The van der Waals surface area contributed by atoms with Crippen LogP contribution >= 0.6 is 23.2 Å². The van der Waals surface area contributed by atoms with E-state index in [0.717, 1.165) is 92.5 Å². The Morgan fingerprint density at radius 3 is 1.35 bits per heavy atom. The number of amides is 3. The summed E-state index contributed by atoms with van der Waals surface area (Å²) in [5.41, 5.74) is -2.22. The quantitative estimate of drug-likeness (QED) is 0.0438. The van der Waals surface area contributed by atoms with Crippen molar-refractivity contribution < 1.29 is 104 Å². The normalized spacial score (nSPS) is 21.0. The van der Waals surface area contributed by atoms with Crippen LogP contribution < -0.4 is 16.0 Å². The third-order valence-electron chi connectivity index (χ3n) is 15.3. The number of sulfonamides is 3. The molecule has 6 aromatic carbocycles. The average Bonchev–Trinajstić information content (AvgIpc) is 1.22. The van der Waals surface area contributed by atoms with Crippen molar-refractivity contribution in [3.8, 4) is 0 Å². The Hall–Kier alpha value is -6.82. The molecule has 3 aliphatic heterocycles. The number of β-amino-alcohol motifs (C(OH)–C–C–N with tert-alkyl or cyclic N) is 3. The fourth-order valence-corrected chi connectivity index (χ4v) is 15.3. The topological polar surface area (TPSA) is 269 Å². The lowest BCUT2D eigenvalue weighted by Crippen LogP contribution is -2.48. The lowest BCUT2D eigenvalue weighted by Gasteiger charge is -2.30. The molecule has 5 atom stereocenters. The predicted octanol–water partition coefficient (Wildman–Crippen LogP) is 9.70. The monoisotopic (exact) mass is 1430 g/mol. The number of ether oxygens (including phenoxy) is 1. The smallest absolute Gasteiger partial charge is 0.255 e. The van der Waals surface area contributed by atoms with Crippen molar-refractivity contribution in [2.24, 2.45) is 5.92 Å². The molecule has 4 aliphatic rings. The van der Waals surface area contributed by atoms with Gasteiger partial charge in [-0.25, -0.2) is 69.2 Å². The molecule has 6 aromatic rings. The van der Waals surface area contributed by atoms with Crippen LogP contribution in [-0.2, 0) is 41.5 Å². The number of nitrogens with one attached hydrogen (secondary N) is 3. The van der Waals surface area contributed by atoms with Crippen LogP contribution in [0.3, 0.4) is 0 Å². The molecule has 6 N–H and O–H groups in total. The largest absolute Gasteiger partial charge is 0.389 e. The van der Waals surface area contributed by atoms with Crippen molar-refractivity contribution in [3.63, 3.8) is 0 Å². The number of aliphatic hydroxyl groups is 3. The summed E-state index contributed by atoms with van der Waals surface area (Å²) < 4.78 is 223. The second-order valence-corrected chi connectivity index (χ2v) is 28.6. The van der Waals surface area contributed by atoms with E-state index in [1.54, 1.807) is 0 Å². The van der Waals surface area contributed by atoms with Gasteiger partial charge in [0.1, 0.15) is 57.7 Å². The zero-order valence-electron chi connectivity index (χ0n) is 48.8. The summed E-state index contributed by atoms with van der Waals surface area (Å²) in [5.74, 6) is -10.9. The molecule has 0 radical (unpaired) electrons. The maximum Gasteiger partial charge on any atom is 0.255 e. The minimum Gasteiger partial charge on any atom is -0.389 e. The first-order chi connectivity index (χ1) is 44.2. The summed E-state index contributed by atoms with van der Waals surface area (Å²) in [7, 11) is -13.2. The van der Waals surface area contributed by atoms with Crippen molar-refractivity contribution in [1.82, 2.24) is 12.9 Å². The number of alkyl halides is 3. The molecule has 19 nitrogen and oxygen atoms in total. The highest BCUT2D eigenvalue weighted by Crippen LogP contribution is 2.42. The summed E-state index contributed by atoms with van der Waals surface area (Å²) in [4.78, 5) is 35.5. The van der Waals surface area contributed by atoms with Gasteiger partial charge in [-0.1, -0.05) is 29.3 Å². The molecule has 3 saturated heterocycles. The van der Waals surface area contributed by atoms with E-state index < -0.39 is 153 Å². The summed E-state index contributed by atoms with van der Waals surface area (Å²) in [5, 5.41) is 37.0. The first-order valence-corrected chi connectivity index (χ1v) is 33.5. The van der Waals surface area contributed by atoms with Crippen molar-refractivity contribution in [3.05, 3.63) is 176 Å². The Morgan fingerprint density at radius 2 is 0.926 bits per heavy atom. The molecule has 3 unspecified atom stereocenters. The molecular weight excluding hydrogens is 1370 g/mol. The molecule has 508 valence electrons. The van der Waals surface area contributed by atoms with Gasteiger partial charge in [0.05, 0.1) is 40.4 Å². The van der Waals surface area contributed by atoms with Crippen LogP contribution in [0.15, 0.2) is 118 Å². The van der Waals surface area contributed by atoms with Gasteiger partial charge in [-0.05, 0) is 129 Å². The van der Waals surface area contributed by atoms with E-state index in [1.165, 1.54) is 24.3 Å². The highest BCUT2D eigenvalue weighted by Gasteiger charge is 2.48. The molecule has 4 fully saturated rings. The number of nitrogens with zero attached hydrogens (tertiary/aromatic N) is 3. The van der Waals surface area contributed by atoms with E-state index in [2.05, 4.69) is 16.0 Å².